The zero-order chi connectivity index (χ0) is 22.7. The first-order valence-corrected chi connectivity index (χ1v) is 10.3. The van der Waals surface area contributed by atoms with Gasteiger partial charge in [-0.3, -0.25) is 4.79 Å². The van der Waals surface area contributed by atoms with Gasteiger partial charge in [-0.2, -0.15) is 13.2 Å². The lowest BCUT2D eigenvalue weighted by molar-refractivity contribution is -0.137. The lowest BCUT2D eigenvalue weighted by Gasteiger charge is -2.19. The number of fused-ring (bicyclic) bond motifs is 1. The average molecular weight is 441 g/mol. The van der Waals surface area contributed by atoms with Crippen LogP contribution in [0.1, 0.15) is 32.6 Å². The topological polar surface area (TPSA) is 65.5 Å². The molecule has 8 heteroatoms. The first kappa shape index (κ1) is 21.8. The standard InChI is InChI=1S/C24H22F3N3O2/c25-24(26,27)18-4-1-3-16(14-18)13-17-7-9-28-22(15-17)30-11-8-19-20(5-2-6-21(19)30)23(32)29-10-12-31/h1-7,9,14-15,31H,8,10-13H2,(H,29,32). The van der Waals surface area contributed by atoms with E-state index in [0.29, 0.717) is 36.3 Å². The Morgan fingerprint density at radius 3 is 2.66 bits per heavy atom. The molecule has 0 atom stereocenters. The number of halogens is 3. The molecule has 0 bridgehead atoms. The maximum atomic E-state index is 13.0. The van der Waals surface area contributed by atoms with Gasteiger partial charge in [0.15, 0.2) is 0 Å². The maximum absolute atomic E-state index is 13.0. The molecule has 2 N–H and O–H groups in total. The van der Waals surface area contributed by atoms with Crippen LogP contribution in [0.15, 0.2) is 60.8 Å². The molecule has 2 aromatic carbocycles. The monoisotopic (exact) mass is 441 g/mol. The molecule has 1 amide bonds. The Kier molecular flexibility index (Phi) is 6.14. The number of aliphatic hydroxyl groups is 1. The van der Waals surface area contributed by atoms with Gasteiger partial charge in [0, 0.05) is 30.5 Å². The van der Waals surface area contributed by atoms with Crippen LogP contribution in [0.5, 0.6) is 0 Å². The first-order valence-electron chi connectivity index (χ1n) is 10.3. The minimum atomic E-state index is -4.38. The van der Waals surface area contributed by atoms with E-state index in [2.05, 4.69) is 10.3 Å². The second-order valence-electron chi connectivity index (χ2n) is 7.58. The second kappa shape index (κ2) is 9.00. The molecule has 0 spiro atoms. The summed E-state index contributed by atoms with van der Waals surface area (Å²) >= 11 is 0. The number of nitrogens with one attached hydrogen (secondary N) is 1. The number of anilines is 2. The summed E-state index contributed by atoms with van der Waals surface area (Å²) in [6.45, 7) is 0.695. The van der Waals surface area contributed by atoms with Gasteiger partial charge < -0.3 is 15.3 Å². The van der Waals surface area contributed by atoms with E-state index in [-0.39, 0.29) is 19.1 Å². The van der Waals surface area contributed by atoms with Crippen LogP contribution in [0.2, 0.25) is 0 Å². The van der Waals surface area contributed by atoms with Gasteiger partial charge in [0.2, 0.25) is 0 Å². The Hall–Kier alpha value is -3.39. The summed E-state index contributed by atoms with van der Waals surface area (Å²) in [6, 6.07) is 14.5. The van der Waals surface area contributed by atoms with E-state index in [1.165, 1.54) is 12.1 Å². The number of aromatic nitrogens is 1. The molecule has 4 rings (SSSR count). The predicted octanol–water partition coefficient (Wildman–Crippen LogP) is 4.11. The number of hydrogen-bond donors (Lipinski definition) is 2. The molecule has 0 fully saturated rings. The molecule has 0 unspecified atom stereocenters. The summed E-state index contributed by atoms with van der Waals surface area (Å²) in [7, 11) is 0. The molecule has 1 aliphatic heterocycles. The number of pyridine rings is 1. The van der Waals surface area contributed by atoms with Crippen LogP contribution in [0.4, 0.5) is 24.7 Å². The van der Waals surface area contributed by atoms with Gasteiger partial charge in [0.25, 0.3) is 5.91 Å². The highest BCUT2D eigenvalue weighted by Crippen LogP contribution is 2.36. The maximum Gasteiger partial charge on any atom is 0.416 e. The van der Waals surface area contributed by atoms with Gasteiger partial charge in [-0.1, -0.05) is 24.3 Å². The Morgan fingerprint density at radius 1 is 1.09 bits per heavy atom. The van der Waals surface area contributed by atoms with Crippen molar-refractivity contribution in [3.63, 3.8) is 0 Å². The van der Waals surface area contributed by atoms with Crippen molar-refractivity contribution < 1.29 is 23.1 Å². The van der Waals surface area contributed by atoms with Crippen LogP contribution < -0.4 is 10.2 Å². The molecule has 5 nitrogen and oxygen atoms in total. The van der Waals surface area contributed by atoms with Crippen molar-refractivity contribution in [2.75, 3.05) is 24.6 Å². The van der Waals surface area contributed by atoms with E-state index in [4.69, 9.17) is 5.11 Å². The lowest BCUT2D eigenvalue weighted by Crippen LogP contribution is -2.27. The largest absolute Gasteiger partial charge is 0.416 e. The van der Waals surface area contributed by atoms with Crippen LogP contribution in [0.3, 0.4) is 0 Å². The summed E-state index contributed by atoms with van der Waals surface area (Å²) in [5.41, 5.74) is 3.11. The summed E-state index contributed by atoms with van der Waals surface area (Å²) in [4.78, 5) is 18.9. The van der Waals surface area contributed by atoms with E-state index in [1.807, 2.05) is 17.0 Å². The number of carbonyl (C=O) groups is 1. The molecule has 3 aromatic rings. The molecule has 0 saturated heterocycles. The van der Waals surface area contributed by atoms with Crippen molar-refractivity contribution in [2.24, 2.45) is 0 Å². The average Bonchev–Trinajstić information content (AvgIpc) is 3.21. The highest BCUT2D eigenvalue weighted by atomic mass is 19.4. The highest BCUT2D eigenvalue weighted by Gasteiger charge is 2.30. The van der Waals surface area contributed by atoms with E-state index in [1.54, 1.807) is 30.5 Å². The van der Waals surface area contributed by atoms with Crippen molar-refractivity contribution in [3.05, 3.63) is 88.6 Å². The van der Waals surface area contributed by atoms with Gasteiger partial charge in [0.05, 0.1) is 12.2 Å². The summed E-state index contributed by atoms with van der Waals surface area (Å²) in [5.74, 6) is 0.449. The molecule has 2 heterocycles. The third kappa shape index (κ3) is 4.60. The number of alkyl halides is 3. The van der Waals surface area contributed by atoms with E-state index in [0.717, 1.165) is 22.9 Å². The molecule has 1 aromatic heterocycles. The van der Waals surface area contributed by atoms with Crippen LogP contribution >= 0.6 is 0 Å². The molecule has 1 aliphatic rings. The molecule has 32 heavy (non-hydrogen) atoms. The van der Waals surface area contributed by atoms with Gasteiger partial charge in [0.1, 0.15) is 5.82 Å². The second-order valence-corrected chi connectivity index (χ2v) is 7.58. The van der Waals surface area contributed by atoms with Gasteiger partial charge >= 0.3 is 6.18 Å². The van der Waals surface area contributed by atoms with E-state index in [9.17, 15) is 18.0 Å². The number of carbonyl (C=O) groups excluding carboxylic acids is 1. The molecule has 0 saturated carbocycles. The van der Waals surface area contributed by atoms with Crippen LogP contribution in [-0.2, 0) is 19.0 Å². The fourth-order valence-electron chi connectivity index (χ4n) is 3.96. The zero-order valence-corrected chi connectivity index (χ0v) is 17.2. The molecular weight excluding hydrogens is 419 g/mol. The van der Waals surface area contributed by atoms with Gasteiger partial charge in [-0.25, -0.2) is 4.98 Å². The third-order valence-electron chi connectivity index (χ3n) is 5.42. The fourth-order valence-corrected chi connectivity index (χ4v) is 3.96. The Bertz CT molecular complexity index is 1130. The quantitative estimate of drug-likeness (QED) is 0.604. The molecular formula is C24H22F3N3O2. The minimum absolute atomic E-state index is 0.129. The first-order chi connectivity index (χ1) is 15.4. The van der Waals surface area contributed by atoms with Crippen molar-refractivity contribution in [3.8, 4) is 0 Å². The molecule has 166 valence electrons. The molecule has 0 radical (unpaired) electrons. The lowest BCUT2D eigenvalue weighted by atomic mass is 10.0. The van der Waals surface area contributed by atoms with Crippen LogP contribution in [-0.4, -0.2) is 35.7 Å². The predicted molar refractivity (Wildman–Crippen MR) is 115 cm³/mol. The van der Waals surface area contributed by atoms with Crippen molar-refractivity contribution in [1.82, 2.24) is 10.3 Å². The fraction of sp³-hybridized carbons (Fsp3) is 0.250. The minimum Gasteiger partial charge on any atom is -0.395 e. The van der Waals surface area contributed by atoms with Crippen molar-refractivity contribution in [2.45, 2.75) is 19.0 Å². The van der Waals surface area contributed by atoms with E-state index < -0.39 is 11.7 Å². The third-order valence-corrected chi connectivity index (χ3v) is 5.42. The molecule has 0 aliphatic carbocycles. The van der Waals surface area contributed by atoms with Crippen LogP contribution in [0, 0.1) is 0 Å². The Balaban J connectivity index is 1.58. The van der Waals surface area contributed by atoms with Crippen LogP contribution in [0.25, 0.3) is 0 Å². The summed E-state index contributed by atoms with van der Waals surface area (Å²) in [5, 5.41) is 11.6. The SMILES string of the molecule is O=C(NCCO)c1cccc2c1CCN2c1cc(Cc2cccc(C(F)(F)F)c2)ccn1. The Labute approximate surface area is 183 Å². The summed E-state index contributed by atoms with van der Waals surface area (Å²) in [6.07, 6.45) is -1.71. The smallest absolute Gasteiger partial charge is 0.395 e. The highest BCUT2D eigenvalue weighted by molar-refractivity contribution is 5.98. The summed E-state index contributed by atoms with van der Waals surface area (Å²) < 4.78 is 39.0. The van der Waals surface area contributed by atoms with Gasteiger partial charge in [-0.05, 0) is 59.9 Å². The Morgan fingerprint density at radius 2 is 1.88 bits per heavy atom. The number of aliphatic hydroxyl groups excluding tert-OH is 1. The zero-order valence-electron chi connectivity index (χ0n) is 17.2. The van der Waals surface area contributed by atoms with Gasteiger partial charge in [-0.15, -0.1) is 0 Å². The van der Waals surface area contributed by atoms with Crippen molar-refractivity contribution >= 4 is 17.4 Å². The number of rotatable bonds is 6. The van der Waals surface area contributed by atoms with E-state index >= 15 is 0 Å². The number of amides is 1. The number of nitrogens with zero attached hydrogens (tertiary/aromatic N) is 2. The normalized spacial score (nSPS) is 13.2. The van der Waals surface area contributed by atoms with Crippen molar-refractivity contribution in [1.29, 1.82) is 0 Å². The number of benzene rings is 2. The number of hydrogen-bond acceptors (Lipinski definition) is 4.